The summed E-state index contributed by atoms with van der Waals surface area (Å²) in [7, 11) is 0. The van der Waals surface area contributed by atoms with Crippen molar-refractivity contribution in [3.8, 4) is 0 Å². The van der Waals surface area contributed by atoms with Crippen LogP contribution in [0.2, 0.25) is 0 Å². The van der Waals surface area contributed by atoms with Crippen LogP contribution < -0.4 is 0 Å². The smallest absolute Gasteiger partial charge is 0.306 e. The van der Waals surface area contributed by atoms with Gasteiger partial charge in [-0.2, -0.15) is 0 Å². The van der Waals surface area contributed by atoms with E-state index in [1.54, 1.807) is 0 Å². The summed E-state index contributed by atoms with van der Waals surface area (Å²) in [6.07, 6.45) is 42.2. The number of carbonyl (C=O) groups is 3. The number of rotatable bonds is 43. The molecule has 320 valence electrons. The highest BCUT2D eigenvalue weighted by Crippen LogP contribution is 2.16. The Morgan fingerprint density at radius 3 is 0.907 bits per heavy atom. The van der Waals surface area contributed by atoms with Crippen LogP contribution in [-0.4, -0.2) is 37.2 Å². The first-order valence-electron chi connectivity index (χ1n) is 23.9. The first-order chi connectivity index (χ1) is 26.4. The number of esters is 3. The van der Waals surface area contributed by atoms with Crippen molar-refractivity contribution in [1.82, 2.24) is 0 Å². The van der Waals surface area contributed by atoms with Gasteiger partial charge in [-0.1, -0.05) is 227 Å². The Balaban J connectivity index is 4.28. The van der Waals surface area contributed by atoms with Gasteiger partial charge in [0.25, 0.3) is 0 Å². The van der Waals surface area contributed by atoms with Crippen molar-refractivity contribution in [2.45, 2.75) is 271 Å². The van der Waals surface area contributed by atoms with Crippen LogP contribution in [0.25, 0.3) is 0 Å². The molecule has 0 aromatic carbocycles. The third-order valence-corrected chi connectivity index (χ3v) is 10.8. The van der Waals surface area contributed by atoms with Crippen molar-refractivity contribution >= 4 is 17.9 Å². The molecule has 0 aliphatic carbocycles. The molecule has 0 unspecified atom stereocenters. The van der Waals surface area contributed by atoms with Gasteiger partial charge in [0.15, 0.2) is 6.10 Å². The van der Waals surface area contributed by atoms with E-state index in [4.69, 9.17) is 14.2 Å². The quantitative estimate of drug-likeness (QED) is 0.0349. The van der Waals surface area contributed by atoms with Gasteiger partial charge in [-0.05, 0) is 25.2 Å². The highest BCUT2D eigenvalue weighted by Gasteiger charge is 2.19. The van der Waals surface area contributed by atoms with Gasteiger partial charge in [0.2, 0.25) is 0 Å². The highest BCUT2D eigenvalue weighted by molar-refractivity contribution is 5.71. The maximum absolute atomic E-state index is 12.7. The molecule has 0 aliphatic rings. The van der Waals surface area contributed by atoms with Gasteiger partial charge in [0.05, 0.1) is 0 Å². The Morgan fingerprint density at radius 1 is 0.352 bits per heavy atom. The maximum atomic E-state index is 12.7. The van der Waals surface area contributed by atoms with E-state index >= 15 is 0 Å². The molecule has 0 N–H and O–H groups in total. The Labute approximate surface area is 336 Å². The molecule has 0 aliphatic heterocycles. The molecule has 0 fully saturated rings. The molecule has 6 heteroatoms. The Kier molecular flexibility index (Phi) is 41.3. The predicted octanol–water partition coefficient (Wildman–Crippen LogP) is 15.1. The van der Waals surface area contributed by atoms with Crippen molar-refractivity contribution < 1.29 is 28.6 Å². The van der Waals surface area contributed by atoms with E-state index in [-0.39, 0.29) is 31.1 Å². The molecule has 0 amide bonds. The molecule has 1 atom stereocenters. The average Bonchev–Trinajstić information content (AvgIpc) is 3.15. The van der Waals surface area contributed by atoms with E-state index in [0.29, 0.717) is 19.3 Å². The summed E-state index contributed by atoms with van der Waals surface area (Å²) in [4.78, 5) is 37.7. The zero-order valence-corrected chi connectivity index (χ0v) is 36.7. The van der Waals surface area contributed by atoms with Crippen molar-refractivity contribution in [3.05, 3.63) is 0 Å². The molecule has 0 saturated heterocycles. The standard InChI is InChI=1S/C48H92O6/c1-5-7-9-11-13-15-19-24-27-31-35-39-46(49)52-42-45(54-48(51)41-37-33-29-23-16-14-12-10-8-6-2)43-53-47(50)40-36-32-28-25-21-18-17-20-22-26-30-34-38-44(3)4/h44-45H,5-43H2,1-4H3/t45-/m0/s1. The monoisotopic (exact) mass is 765 g/mol. The van der Waals surface area contributed by atoms with E-state index in [1.165, 1.54) is 161 Å². The molecule has 0 heterocycles. The van der Waals surface area contributed by atoms with Crippen LogP contribution in [0.5, 0.6) is 0 Å². The molecule has 0 bridgehead atoms. The van der Waals surface area contributed by atoms with E-state index in [9.17, 15) is 14.4 Å². The molecule has 0 radical (unpaired) electrons. The second-order valence-electron chi connectivity index (χ2n) is 16.9. The third-order valence-electron chi connectivity index (χ3n) is 10.8. The van der Waals surface area contributed by atoms with Crippen molar-refractivity contribution in [2.75, 3.05) is 13.2 Å². The largest absolute Gasteiger partial charge is 0.462 e. The predicted molar refractivity (Wildman–Crippen MR) is 229 cm³/mol. The van der Waals surface area contributed by atoms with Gasteiger partial charge in [0, 0.05) is 19.3 Å². The number of hydrogen-bond donors (Lipinski definition) is 0. The fourth-order valence-electron chi connectivity index (χ4n) is 7.16. The van der Waals surface area contributed by atoms with Crippen LogP contribution in [0, 0.1) is 5.92 Å². The van der Waals surface area contributed by atoms with Gasteiger partial charge in [0.1, 0.15) is 13.2 Å². The van der Waals surface area contributed by atoms with Gasteiger partial charge in [-0.25, -0.2) is 0 Å². The Hall–Kier alpha value is -1.59. The molecule has 0 rings (SSSR count). The van der Waals surface area contributed by atoms with Gasteiger partial charge >= 0.3 is 17.9 Å². The van der Waals surface area contributed by atoms with Crippen LogP contribution >= 0.6 is 0 Å². The van der Waals surface area contributed by atoms with Crippen LogP contribution in [0.4, 0.5) is 0 Å². The molecular weight excluding hydrogens is 673 g/mol. The number of hydrogen-bond acceptors (Lipinski definition) is 6. The van der Waals surface area contributed by atoms with E-state index < -0.39 is 6.10 Å². The van der Waals surface area contributed by atoms with Crippen molar-refractivity contribution in [3.63, 3.8) is 0 Å². The highest BCUT2D eigenvalue weighted by atomic mass is 16.6. The second kappa shape index (κ2) is 42.6. The molecule has 0 saturated carbocycles. The van der Waals surface area contributed by atoms with E-state index in [2.05, 4.69) is 27.7 Å². The Bertz CT molecular complexity index is 811. The van der Waals surface area contributed by atoms with Crippen LogP contribution in [-0.2, 0) is 28.6 Å². The second-order valence-corrected chi connectivity index (χ2v) is 16.9. The summed E-state index contributed by atoms with van der Waals surface area (Å²) in [5.74, 6) is -0.0183. The van der Waals surface area contributed by atoms with Gasteiger partial charge in [-0.15, -0.1) is 0 Å². The van der Waals surface area contributed by atoms with Crippen LogP contribution in [0.3, 0.4) is 0 Å². The lowest BCUT2D eigenvalue weighted by Gasteiger charge is -2.18. The van der Waals surface area contributed by atoms with E-state index in [0.717, 1.165) is 63.7 Å². The lowest BCUT2D eigenvalue weighted by atomic mass is 10.0. The lowest BCUT2D eigenvalue weighted by Crippen LogP contribution is -2.30. The van der Waals surface area contributed by atoms with Crippen molar-refractivity contribution in [2.24, 2.45) is 5.92 Å². The molecular formula is C48H92O6. The fourth-order valence-corrected chi connectivity index (χ4v) is 7.16. The summed E-state index contributed by atoms with van der Waals surface area (Å²) in [6, 6.07) is 0. The average molecular weight is 765 g/mol. The minimum absolute atomic E-state index is 0.0634. The van der Waals surface area contributed by atoms with Crippen molar-refractivity contribution in [1.29, 1.82) is 0 Å². The molecule has 0 aromatic rings. The minimum atomic E-state index is -0.758. The van der Waals surface area contributed by atoms with E-state index in [1.807, 2.05) is 0 Å². The number of ether oxygens (including phenoxy) is 3. The zero-order valence-electron chi connectivity index (χ0n) is 36.7. The molecule has 0 spiro atoms. The van der Waals surface area contributed by atoms with Crippen LogP contribution in [0.1, 0.15) is 265 Å². The number of unbranched alkanes of at least 4 members (excludes halogenated alkanes) is 30. The SMILES string of the molecule is CCCCCCCCCCCCCC(=O)OC[C@@H](COC(=O)CCCCCCCCCCCCCCC(C)C)OC(=O)CCCCCCCCCCCC. The summed E-state index contributed by atoms with van der Waals surface area (Å²) in [6.45, 7) is 8.99. The summed E-state index contributed by atoms with van der Waals surface area (Å²) in [5, 5.41) is 0. The normalized spacial score (nSPS) is 11.9. The summed E-state index contributed by atoms with van der Waals surface area (Å²) in [5.41, 5.74) is 0. The van der Waals surface area contributed by atoms with Crippen LogP contribution in [0.15, 0.2) is 0 Å². The minimum Gasteiger partial charge on any atom is -0.462 e. The molecule has 6 nitrogen and oxygen atoms in total. The lowest BCUT2D eigenvalue weighted by molar-refractivity contribution is -0.167. The molecule has 0 aromatic heterocycles. The summed E-state index contributed by atoms with van der Waals surface area (Å²) >= 11 is 0. The first-order valence-corrected chi connectivity index (χ1v) is 23.9. The molecule has 54 heavy (non-hydrogen) atoms. The topological polar surface area (TPSA) is 78.9 Å². The number of carbonyl (C=O) groups excluding carboxylic acids is 3. The fraction of sp³-hybridized carbons (Fsp3) is 0.938. The zero-order chi connectivity index (χ0) is 39.6. The van der Waals surface area contributed by atoms with Gasteiger partial charge < -0.3 is 14.2 Å². The Morgan fingerprint density at radius 2 is 0.611 bits per heavy atom. The first kappa shape index (κ1) is 52.4. The maximum Gasteiger partial charge on any atom is 0.306 e. The van der Waals surface area contributed by atoms with Gasteiger partial charge in [-0.3, -0.25) is 14.4 Å². The third kappa shape index (κ3) is 41.6. The summed E-state index contributed by atoms with van der Waals surface area (Å²) < 4.78 is 16.7.